The highest BCUT2D eigenvalue weighted by Crippen LogP contribution is 2.48. The molecule has 1 aliphatic rings. The van der Waals surface area contributed by atoms with Crippen molar-refractivity contribution in [1.29, 1.82) is 0 Å². The topological polar surface area (TPSA) is 46.7 Å². The summed E-state index contributed by atoms with van der Waals surface area (Å²) in [5.74, 6) is 2.44. The summed E-state index contributed by atoms with van der Waals surface area (Å²) in [5.41, 5.74) is 11.0. The van der Waals surface area contributed by atoms with Crippen LogP contribution >= 0.6 is 0 Å². The summed E-state index contributed by atoms with van der Waals surface area (Å²) in [4.78, 5) is 9.65. The van der Waals surface area contributed by atoms with Crippen LogP contribution in [0.25, 0.3) is 49.6 Å². The molecule has 0 N–H and O–H groups in total. The van der Waals surface area contributed by atoms with E-state index in [1.54, 1.807) is 0 Å². The first kappa shape index (κ1) is 34.0. The molecular weight excluding hydrogens is 689 g/mol. The van der Waals surface area contributed by atoms with E-state index in [-0.39, 0.29) is 10.8 Å². The van der Waals surface area contributed by atoms with Gasteiger partial charge in [-0.2, -0.15) is 0 Å². The number of ether oxygens (including phenoxy) is 1. The maximum Gasteiger partial charge on any atom is 0.137 e. The average molecular weight is 733 g/mol. The fraction of sp³-hybridized carbons (Fsp3) is 0.180. The highest BCUT2D eigenvalue weighted by molar-refractivity contribution is 6.13. The number of aromatic nitrogens is 2. The number of nitrogens with zero attached hydrogens (tertiary/aromatic N) is 4. The maximum absolute atomic E-state index is 6.74. The summed E-state index contributed by atoms with van der Waals surface area (Å²) in [6.07, 6.45) is 1.93. The minimum atomic E-state index is -0.0109. The van der Waals surface area contributed by atoms with Gasteiger partial charge in [0.2, 0.25) is 0 Å². The number of fused-ring (bicyclic) bond motifs is 7. The number of benzene rings is 6. The first-order valence-corrected chi connectivity index (χ1v) is 19.4. The molecule has 4 heterocycles. The highest BCUT2D eigenvalue weighted by atomic mass is 16.5. The molecule has 6 nitrogen and oxygen atoms in total. The predicted molar refractivity (Wildman–Crippen MR) is 232 cm³/mol. The van der Waals surface area contributed by atoms with Crippen LogP contribution in [0, 0.1) is 0 Å². The minimum absolute atomic E-state index is 0.0109. The minimum Gasteiger partial charge on any atom is -0.457 e. The van der Waals surface area contributed by atoms with Gasteiger partial charge >= 0.3 is 0 Å². The van der Waals surface area contributed by atoms with Crippen LogP contribution in [0.1, 0.15) is 52.7 Å². The van der Waals surface area contributed by atoms with E-state index in [0.717, 1.165) is 73.0 Å². The summed E-state index contributed by atoms with van der Waals surface area (Å²) in [6.45, 7) is 14.2. The van der Waals surface area contributed by atoms with Crippen LogP contribution in [0.3, 0.4) is 0 Å². The Bertz CT molecular complexity index is 2980. The monoisotopic (exact) mass is 732 g/mol. The normalized spacial score (nSPS) is 13.4. The van der Waals surface area contributed by atoms with Gasteiger partial charge in [0, 0.05) is 40.2 Å². The van der Waals surface area contributed by atoms with Gasteiger partial charge in [-0.15, -0.1) is 0 Å². The van der Waals surface area contributed by atoms with Gasteiger partial charge in [-0.1, -0.05) is 90.1 Å². The third-order valence-corrected chi connectivity index (χ3v) is 11.2. The standard InChI is InChI=1S/C50H44N4O2/c1-49(2,3)32-21-24-40-39(27-32)37-23-22-36(30-44(37)54(40)47-28-33(25-26-51-47)50(4,5)6)55-35-14-11-13-34(29-35)52-31-53(42-17-9-8-16-41(42)52)43-18-12-20-46-48(43)38-15-7-10-19-45(38)56-46/h7-30H,31H2,1-6H3. The van der Waals surface area contributed by atoms with Crippen molar-refractivity contribution in [2.75, 3.05) is 16.5 Å². The molecule has 0 radical (unpaired) electrons. The van der Waals surface area contributed by atoms with Crippen LogP contribution in [-0.4, -0.2) is 16.2 Å². The van der Waals surface area contributed by atoms with Crippen molar-refractivity contribution in [2.24, 2.45) is 0 Å². The van der Waals surface area contributed by atoms with E-state index >= 15 is 0 Å². The number of hydrogen-bond acceptors (Lipinski definition) is 5. The molecule has 0 atom stereocenters. The maximum atomic E-state index is 6.74. The molecule has 6 heteroatoms. The zero-order valence-electron chi connectivity index (χ0n) is 32.7. The lowest BCUT2D eigenvalue weighted by molar-refractivity contribution is 0.483. The van der Waals surface area contributed by atoms with Crippen molar-refractivity contribution < 1.29 is 9.15 Å². The number of rotatable bonds is 5. The molecule has 0 bridgehead atoms. The van der Waals surface area contributed by atoms with E-state index < -0.39 is 0 Å². The molecule has 0 aliphatic carbocycles. The smallest absolute Gasteiger partial charge is 0.137 e. The Balaban J connectivity index is 1.04. The van der Waals surface area contributed by atoms with Gasteiger partial charge in [-0.05, 0) is 101 Å². The molecular formula is C50H44N4O2. The molecule has 0 saturated carbocycles. The highest BCUT2D eigenvalue weighted by Gasteiger charge is 2.30. The van der Waals surface area contributed by atoms with Crippen molar-refractivity contribution >= 4 is 66.5 Å². The second-order valence-electron chi connectivity index (χ2n) is 17.0. The number of pyridine rings is 1. The van der Waals surface area contributed by atoms with Gasteiger partial charge in [-0.3, -0.25) is 4.57 Å². The number of hydrogen-bond donors (Lipinski definition) is 0. The number of para-hydroxylation sites is 3. The molecule has 56 heavy (non-hydrogen) atoms. The van der Waals surface area contributed by atoms with Crippen molar-refractivity contribution in [3.63, 3.8) is 0 Å². The lowest BCUT2D eigenvalue weighted by Gasteiger charge is -2.23. The lowest BCUT2D eigenvalue weighted by atomic mass is 9.86. The molecule has 276 valence electrons. The molecule has 3 aromatic heterocycles. The molecule has 0 unspecified atom stereocenters. The Morgan fingerprint density at radius 3 is 2.05 bits per heavy atom. The van der Waals surface area contributed by atoms with Gasteiger partial charge in [-0.25, -0.2) is 4.98 Å². The van der Waals surface area contributed by atoms with E-state index in [1.165, 1.54) is 21.9 Å². The Morgan fingerprint density at radius 2 is 1.23 bits per heavy atom. The quantitative estimate of drug-likeness (QED) is 0.176. The Morgan fingerprint density at radius 1 is 0.536 bits per heavy atom. The van der Waals surface area contributed by atoms with E-state index in [4.69, 9.17) is 14.1 Å². The molecule has 6 aromatic carbocycles. The Hall–Kier alpha value is -6.53. The van der Waals surface area contributed by atoms with Crippen LogP contribution in [0.5, 0.6) is 11.5 Å². The largest absolute Gasteiger partial charge is 0.457 e. The summed E-state index contributed by atoms with van der Waals surface area (Å²) in [7, 11) is 0. The van der Waals surface area contributed by atoms with E-state index in [9.17, 15) is 0 Å². The van der Waals surface area contributed by atoms with Gasteiger partial charge in [0.1, 0.15) is 35.2 Å². The van der Waals surface area contributed by atoms with Crippen LogP contribution in [0.4, 0.5) is 22.7 Å². The Labute approximate surface area is 327 Å². The number of anilines is 4. The Kier molecular flexibility index (Phi) is 7.59. The van der Waals surface area contributed by atoms with Crippen molar-refractivity contribution in [2.45, 2.75) is 52.4 Å². The fourth-order valence-corrected chi connectivity index (χ4v) is 8.26. The summed E-state index contributed by atoms with van der Waals surface area (Å²) in [6, 6.07) is 49.2. The van der Waals surface area contributed by atoms with Crippen LogP contribution < -0.4 is 14.5 Å². The van der Waals surface area contributed by atoms with E-state index in [2.05, 4.69) is 177 Å². The first-order valence-electron chi connectivity index (χ1n) is 19.4. The SMILES string of the molecule is CC(C)(C)c1ccnc(-n2c3ccc(C(C)(C)C)cc3c3ccc(Oc4cccc(N5CN(c6cccc7oc8ccccc8c67)c6ccccc65)c4)cc32)c1. The molecule has 0 saturated heterocycles. The van der Waals surface area contributed by atoms with Crippen LogP contribution in [0.15, 0.2) is 150 Å². The second-order valence-corrected chi connectivity index (χ2v) is 17.0. The number of furan rings is 1. The lowest BCUT2D eigenvalue weighted by Crippen LogP contribution is -2.24. The zero-order chi connectivity index (χ0) is 38.3. The van der Waals surface area contributed by atoms with E-state index in [1.807, 2.05) is 24.4 Å². The molecule has 0 spiro atoms. The molecule has 0 amide bonds. The second kappa shape index (κ2) is 12.5. The summed E-state index contributed by atoms with van der Waals surface area (Å²) < 4.78 is 15.3. The molecule has 0 fully saturated rings. The summed E-state index contributed by atoms with van der Waals surface area (Å²) >= 11 is 0. The van der Waals surface area contributed by atoms with Gasteiger partial charge in [0.15, 0.2) is 0 Å². The van der Waals surface area contributed by atoms with Crippen molar-refractivity contribution in [1.82, 2.24) is 9.55 Å². The predicted octanol–water partition coefficient (Wildman–Crippen LogP) is 13.7. The van der Waals surface area contributed by atoms with Crippen molar-refractivity contribution in [3.8, 4) is 17.3 Å². The van der Waals surface area contributed by atoms with Gasteiger partial charge in [0.05, 0.1) is 33.5 Å². The third-order valence-electron chi connectivity index (χ3n) is 11.2. The average Bonchev–Trinajstić information content (AvgIpc) is 3.87. The molecule has 10 rings (SSSR count). The molecule has 9 aromatic rings. The van der Waals surface area contributed by atoms with Crippen molar-refractivity contribution in [3.05, 3.63) is 157 Å². The van der Waals surface area contributed by atoms with Gasteiger partial charge in [0.25, 0.3) is 0 Å². The zero-order valence-corrected chi connectivity index (χ0v) is 32.7. The van der Waals surface area contributed by atoms with Gasteiger partial charge < -0.3 is 19.0 Å². The summed E-state index contributed by atoms with van der Waals surface area (Å²) in [5, 5.41) is 4.62. The third kappa shape index (κ3) is 5.59. The first-order chi connectivity index (χ1) is 27.0. The van der Waals surface area contributed by atoms with E-state index in [0.29, 0.717) is 6.67 Å². The molecule has 1 aliphatic heterocycles. The van der Waals surface area contributed by atoms with Crippen LogP contribution in [-0.2, 0) is 10.8 Å². The fourth-order valence-electron chi connectivity index (χ4n) is 8.26. The van der Waals surface area contributed by atoms with Crippen LogP contribution in [0.2, 0.25) is 0 Å².